The quantitative estimate of drug-likeness (QED) is 0.880. The van der Waals surface area contributed by atoms with Gasteiger partial charge in [-0.1, -0.05) is 6.58 Å². The maximum atomic E-state index is 12.2. The highest BCUT2D eigenvalue weighted by Gasteiger charge is 2.24. The number of allylic oxidation sites excluding steroid dienone is 1. The predicted molar refractivity (Wildman–Crippen MR) is 91.3 cm³/mol. The number of thiophene rings is 1. The smallest absolute Gasteiger partial charge is 0.261 e. The van der Waals surface area contributed by atoms with Gasteiger partial charge in [-0.25, -0.2) is 8.42 Å². The Labute approximate surface area is 136 Å². The molecule has 1 aliphatic heterocycles. The van der Waals surface area contributed by atoms with Crippen LogP contribution in [0, 0.1) is 0 Å². The number of fused-ring (bicyclic) bond motifs is 1. The van der Waals surface area contributed by atoms with Crippen LogP contribution in [0.15, 0.2) is 35.0 Å². The van der Waals surface area contributed by atoms with Crippen molar-refractivity contribution in [2.75, 3.05) is 5.75 Å². The summed E-state index contributed by atoms with van der Waals surface area (Å²) < 4.78 is 23.5. The van der Waals surface area contributed by atoms with Crippen molar-refractivity contribution >= 4 is 42.9 Å². The van der Waals surface area contributed by atoms with Crippen LogP contribution >= 0.6 is 11.3 Å². The van der Waals surface area contributed by atoms with Gasteiger partial charge in [0.05, 0.1) is 22.0 Å². The number of aromatic amines is 1. The zero-order valence-corrected chi connectivity index (χ0v) is 13.9. The van der Waals surface area contributed by atoms with Gasteiger partial charge in [0.1, 0.15) is 5.56 Å². The van der Waals surface area contributed by atoms with Crippen molar-refractivity contribution in [1.29, 1.82) is 0 Å². The summed E-state index contributed by atoms with van der Waals surface area (Å²) in [6, 6.07) is 2.72. The number of carbonyl (C=O) groups is 1. The molecule has 0 saturated heterocycles. The third-order valence-electron chi connectivity index (χ3n) is 3.44. The molecular formula is C15H14N2O4S2. The number of H-pyrrole nitrogens is 1. The van der Waals surface area contributed by atoms with Crippen LogP contribution < -0.4 is 10.9 Å². The maximum absolute atomic E-state index is 12.2. The van der Waals surface area contributed by atoms with E-state index >= 15 is 0 Å². The normalized spacial score (nSPS) is 19.1. The molecule has 0 spiro atoms. The zero-order valence-electron chi connectivity index (χ0n) is 12.3. The molecule has 1 atom stereocenters. The van der Waals surface area contributed by atoms with Crippen LogP contribution in [-0.2, 0) is 9.84 Å². The summed E-state index contributed by atoms with van der Waals surface area (Å²) in [5.74, 6) is -0.775. The van der Waals surface area contributed by atoms with Gasteiger partial charge >= 0.3 is 0 Å². The Hall–Kier alpha value is -2.19. The van der Waals surface area contributed by atoms with Crippen LogP contribution in [0.5, 0.6) is 0 Å². The molecule has 0 saturated carbocycles. The average molecular weight is 350 g/mol. The fourth-order valence-electron chi connectivity index (χ4n) is 2.29. The van der Waals surface area contributed by atoms with Crippen molar-refractivity contribution in [2.24, 2.45) is 0 Å². The fraction of sp³-hybridized carbons (Fsp3) is 0.200. The summed E-state index contributed by atoms with van der Waals surface area (Å²) in [5, 5.41) is 3.62. The number of sulfone groups is 1. The topological polar surface area (TPSA) is 96.1 Å². The van der Waals surface area contributed by atoms with E-state index < -0.39 is 27.3 Å². The van der Waals surface area contributed by atoms with E-state index in [-0.39, 0.29) is 11.3 Å². The lowest BCUT2D eigenvalue weighted by atomic mass is 10.2. The molecule has 2 aromatic heterocycles. The number of hydrogen-bond donors (Lipinski definition) is 2. The second-order valence-electron chi connectivity index (χ2n) is 5.42. The van der Waals surface area contributed by atoms with Crippen LogP contribution in [0.3, 0.4) is 0 Å². The van der Waals surface area contributed by atoms with Gasteiger partial charge in [-0.05, 0) is 30.7 Å². The van der Waals surface area contributed by atoms with Crippen molar-refractivity contribution < 1.29 is 13.2 Å². The molecule has 1 unspecified atom stereocenters. The van der Waals surface area contributed by atoms with Gasteiger partial charge in [0, 0.05) is 10.3 Å². The number of nitrogens with one attached hydrogen (secondary N) is 2. The summed E-state index contributed by atoms with van der Waals surface area (Å²) in [6.07, 6.45) is 1.41. The lowest BCUT2D eigenvalue weighted by Crippen LogP contribution is -2.38. The number of rotatable bonds is 3. The van der Waals surface area contributed by atoms with E-state index in [9.17, 15) is 18.0 Å². The number of aromatic nitrogens is 1. The summed E-state index contributed by atoms with van der Waals surface area (Å²) >= 11 is 1.43. The molecule has 0 bridgehead atoms. The number of carbonyl (C=O) groups excluding carboxylic acids is 1. The summed E-state index contributed by atoms with van der Waals surface area (Å²) in [4.78, 5) is 27.9. The first kappa shape index (κ1) is 15.7. The van der Waals surface area contributed by atoms with Crippen molar-refractivity contribution in [3.05, 3.63) is 51.0 Å². The molecule has 23 heavy (non-hydrogen) atoms. The maximum Gasteiger partial charge on any atom is 0.261 e. The van der Waals surface area contributed by atoms with E-state index in [4.69, 9.17) is 0 Å². The van der Waals surface area contributed by atoms with Crippen molar-refractivity contribution in [3.8, 4) is 0 Å². The molecule has 1 amide bonds. The predicted octanol–water partition coefficient (Wildman–Crippen LogP) is 1.66. The Balaban J connectivity index is 1.91. The van der Waals surface area contributed by atoms with Crippen LogP contribution in [0.2, 0.25) is 0 Å². The molecule has 0 fully saturated rings. The van der Waals surface area contributed by atoms with Crippen molar-refractivity contribution in [2.45, 2.75) is 13.0 Å². The van der Waals surface area contributed by atoms with Crippen molar-refractivity contribution in [3.63, 3.8) is 0 Å². The molecule has 3 rings (SSSR count). The monoisotopic (exact) mass is 350 g/mol. The Morgan fingerprint density at radius 2 is 2.17 bits per heavy atom. The highest BCUT2D eigenvalue weighted by Crippen LogP contribution is 2.28. The number of pyridine rings is 1. The lowest BCUT2D eigenvalue weighted by molar-refractivity contribution is 0.0946. The molecule has 0 aliphatic carbocycles. The highest BCUT2D eigenvalue weighted by molar-refractivity contribution is 7.94. The largest absolute Gasteiger partial charge is 0.345 e. The van der Waals surface area contributed by atoms with E-state index in [1.807, 2.05) is 13.0 Å². The van der Waals surface area contributed by atoms with Crippen LogP contribution in [0.25, 0.3) is 15.8 Å². The third kappa shape index (κ3) is 3.13. The number of amides is 1. The first-order chi connectivity index (χ1) is 10.7. The lowest BCUT2D eigenvalue weighted by Gasteiger charge is -2.09. The Morgan fingerprint density at radius 3 is 2.78 bits per heavy atom. The SMILES string of the molecule is C=C(C)c1cc2[nH]c(=O)c(C(=O)NC3C=CS(=O)(=O)C3)cc2s1. The van der Waals surface area contributed by atoms with E-state index in [0.717, 1.165) is 20.6 Å². The fourth-order valence-corrected chi connectivity index (χ4v) is 4.51. The van der Waals surface area contributed by atoms with Crippen molar-refractivity contribution in [1.82, 2.24) is 10.3 Å². The Morgan fingerprint density at radius 1 is 1.43 bits per heavy atom. The number of hydrogen-bond acceptors (Lipinski definition) is 5. The first-order valence-electron chi connectivity index (χ1n) is 6.80. The standard InChI is InChI=1S/C15H14N2O4S2/c1-8(2)12-6-11-13(22-12)5-10(15(19)17-11)14(18)16-9-3-4-23(20,21)7-9/h3-6,9H,1,7H2,2H3,(H,16,18)(H,17,19). The average Bonchev–Trinajstić information content (AvgIpc) is 3.00. The van der Waals surface area contributed by atoms with Gasteiger partial charge < -0.3 is 10.3 Å². The van der Waals surface area contributed by atoms with Crippen LogP contribution in [0.1, 0.15) is 22.2 Å². The zero-order chi connectivity index (χ0) is 16.8. The molecule has 2 N–H and O–H groups in total. The minimum atomic E-state index is -3.26. The molecule has 120 valence electrons. The summed E-state index contributed by atoms with van der Waals surface area (Å²) in [5.41, 5.74) is 0.980. The molecule has 6 nitrogen and oxygen atoms in total. The molecule has 1 aliphatic rings. The van der Waals surface area contributed by atoms with Gasteiger partial charge in [-0.3, -0.25) is 9.59 Å². The molecule has 2 aromatic rings. The minimum Gasteiger partial charge on any atom is -0.345 e. The van der Waals surface area contributed by atoms with Gasteiger partial charge in [-0.2, -0.15) is 0 Å². The third-order valence-corrected chi connectivity index (χ3v) is 6.08. The van der Waals surface area contributed by atoms with E-state index in [0.29, 0.717) is 5.52 Å². The van der Waals surface area contributed by atoms with E-state index in [1.165, 1.54) is 23.5 Å². The molecule has 0 aromatic carbocycles. The van der Waals surface area contributed by atoms with Gasteiger partial charge in [0.25, 0.3) is 11.5 Å². The van der Waals surface area contributed by atoms with Crippen LogP contribution in [-0.4, -0.2) is 31.1 Å². The second-order valence-corrected chi connectivity index (χ2v) is 8.43. The second kappa shape index (κ2) is 5.47. The molecule has 8 heteroatoms. The summed E-state index contributed by atoms with van der Waals surface area (Å²) in [6.45, 7) is 5.72. The molecule has 0 radical (unpaired) electrons. The van der Waals surface area contributed by atoms with E-state index in [2.05, 4.69) is 16.9 Å². The Bertz CT molecular complexity index is 1010. The van der Waals surface area contributed by atoms with Gasteiger partial charge in [0.15, 0.2) is 9.84 Å². The van der Waals surface area contributed by atoms with Crippen LogP contribution in [0.4, 0.5) is 0 Å². The summed E-state index contributed by atoms with van der Waals surface area (Å²) in [7, 11) is -3.26. The highest BCUT2D eigenvalue weighted by atomic mass is 32.2. The van der Waals surface area contributed by atoms with Gasteiger partial charge in [-0.15, -0.1) is 11.3 Å². The minimum absolute atomic E-state index is 0.0367. The molecular weight excluding hydrogens is 336 g/mol. The Kier molecular flexibility index (Phi) is 3.73. The van der Waals surface area contributed by atoms with Gasteiger partial charge in [0.2, 0.25) is 0 Å². The molecule has 3 heterocycles. The first-order valence-corrected chi connectivity index (χ1v) is 9.33. The van der Waals surface area contributed by atoms with E-state index in [1.54, 1.807) is 0 Å².